The molecule has 1 aromatic heterocycles. The SMILES string of the molecule is C=CCN(CC=C)c1nc(Cl)nc(NCC(C)C)n1. The van der Waals surface area contributed by atoms with Gasteiger partial charge >= 0.3 is 0 Å². The van der Waals surface area contributed by atoms with Gasteiger partial charge in [-0.25, -0.2) is 0 Å². The van der Waals surface area contributed by atoms with Crippen LogP contribution in [0.5, 0.6) is 0 Å². The van der Waals surface area contributed by atoms with Gasteiger partial charge in [-0.1, -0.05) is 26.0 Å². The van der Waals surface area contributed by atoms with Crippen LogP contribution in [0, 0.1) is 5.92 Å². The summed E-state index contributed by atoms with van der Waals surface area (Å²) in [5.41, 5.74) is 0. The smallest absolute Gasteiger partial charge is 0.232 e. The van der Waals surface area contributed by atoms with Crippen molar-refractivity contribution in [1.29, 1.82) is 0 Å². The lowest BCUT2D eigenvalue weighted by Gasteiger charge is -2.19. The zero-order valence-electron chi connectivity index (χ0n) is 11.4. The number of nitrogens with one attached hydrogen (secondary N) is 1. The summed E-state index contributed by atoms with van der Waals surface area (Å²) >= 11 is 5.93. The first-order chi connectivity index (χ1) is 9.06. The van der Waals surface area contributed by atoms with Crippen molar-refractivity contribution in [3.63, 3.8) is 0 Å². The molecule has 1 heterocycles. The minimum atomic E-state index is 0.175. The van der Waals surface area contributed by atoms with Crippen LogP contribution in [0.2, 0.25) is 5.28 Å². The zero-order valence-corrected chi connectivity index (χ0v) is 12.2. The van der Waals surface area contributed by atoms with Gasteiger partial charge in [0.15, 0.2) is 0 Å². The molecule has 0 fully saturated rings. The predicted molar refractivity (Wildman–Crippen MR) is 80.8 cm³/mol. The number of rotatable bonds is 8. The van der Waals surface area contributed by atoms with Crippen LogP contribution in [0.4, 0.5) is 11.9 Å². The summed E-state index contributed by atoms with van der Waals surface area (Å²) in [5.74, 6) is 1.50. The zero-order chi connectivity index (χ0) is 14.3. The van der Waals surface area contributed by atoms with Gasteiger partial charge in [0.25, 0.3) is 0 Å². The van der Waals surface area contributed by atoms with E-state index in [1.165, 1.54) is 0 Å². The summed E-state index contributed by atoms with van der Waals surface area (Å²) in [6.07, 6.45) is 3.56. The van der Waals surface area contributed by atoms with Gasteiger partial charge in [0.05, 0.1) is 0 Å². The van der Waals surface area contributed by atoms with Crippen molar-refractivity contribution >= 4 is 23.5 Å². The van der Waals surface area contributed by atoms with E-state index >= 15 is 0 Å². The fraction of sp³-hybridized carbons (Fsp3) is 0.462. The van der Waals surface area contributed by atoms with Crippen molar-refractivity contribution in [1.82, 2.24) is 15.0 Å². The number of hydrogen-bond donors (Lipinski definition) is 1. The first-order valence-electron chi connectivity index (χ1n) is 6.19. The van der Waals surface area contributed by atoms with Gasteiger partial charge in [-0.3, -0.25) is 0 Å². The maximum Gasteiger partial charge on any atom is 0.232 e. The van der Waals surface area contributed by atoms with Crippen molar-refractivity contribution in [2.45, 2.75) is 13.8 Å². The highest BCUT2D eigenvalue weighted by atomic mass is 35.5. The van der Waals surface area contributed by atoms with Crippen molar-refractivity contribution < 1.29 is 0 Å². The number of aromatic nitrogens is 3. The predicted octanol–water partition coefficient (Wildman–Crippen LogP) is 2.77. The molecular weight excluding hydrogens is 262 g/mol. The maximum atomic E-state index is 5.93. The first kappa shape index (κ1) is 15.4. The van der Waals surface area contributed by atoms with Crippen LogP contribution >= 0.6 is 11.6 Å². The van der Waals surface area contributed by atoms with Gasteiger partial charge in [0, 0.05) is 19.6 Å². The standard InChI is InChI=1S/C13H20ClN5/c1-5-7-19(8-6-2)13-17-11(14)16-12(18-13)15-9-10(3)4/h5-6,10H,1-2,7-9H2,3-4H3,(H,15,16,17,18). The third-order valence-corrected chi connectivity index (χ3v) is 2.42. The van der Waals surface area contributed by atoms with Crippen LogP contribution in [-0.4, -0.2) is 34.6 Å². The summed E-state index contributed by atoms with van der Waals surface area (Å²) in [6.45, 7) is 13.7. The quantitative estimate of drug-likeness (QED) is 0.743. The monoisotopic (exact) mass is 281 g/mol. The van der Waals surface area contributed by atoms with Gasteiger partial charge in [-0.15, -0.1) is 13.2 Å². The number of hydrogen-bond acceptors (Lipinski definition) is 5. The molecule has 6 heteroatoms. The lowest BCUT2D eigenvalue weighted by atomic mass is 10.2. The second kappa shape index (κ2) is 7.74. The van der Waals surface area contributed by atoms with Crippen molar-refractivity contribution in [3.8, 4) is 0 Å². The molecular formula is C13H20ClN5. The normalized spacial score (nSPS) is 10.3. The summed E-state index contributed by atoms with van der Waals surface area (Å²) in [4.78, 5) is 14.5. The van der Waals surface area contributed by atoms with Crippen LogP contribution in [0.25, 0.3) is 0 Å². The van der Waals surface area contributed by atoms with E-state index in [1.807, 2.05) is 4.90 Å². The summed E-state index contributed by atoms with van der Waals surface area (Å²) in [5, 5.41) is 3.31. The maximum absolute atomic E-state index is 5.93. The van der Waals surface area contributed by atoms with Crippen molar-refractivity contribution in [3.05, 3.63) is 30.6 Å². The molecule has 0 aromatic carbocycles. The highest BCUT2D eigenvalue weighted by molar-refractivity contribution is 6.28. The Bertz CT molecular complexity index is 423. The van der Waals surface area contributed by atoms with E-state index in [1.54, 1.807) is 12.2 Å². The topological polar surface area (TPSA) is 53.9 Å². The van der Waals surface area contributed by atoms with Gasteiger partial charge in [-0.05, 0) is 17.5 Å². The first-order valence-corrected chi connectivity index (χ1v) is 6.56. The minimum absolute atomic E-state index is 0.175. The molecule has 1 rings (SSSR count). The molecule has 0 saturated heterocycles. The molecule has 0 aliphatic carbocycles. The molecule has 1 aromatic rings. The molecule has 104 valence electrons. The van der Waals surface area contributed by atoms with E-state index in [4.69, 9.17) is 11.6 Å². The number of anilines is 2. The van der Waals surface area contributed by atoms with Crippen LogP contribution in [0.3, 0.4) is 0 Å². The third-order valence-electron chi connectivity index (χ3n) is 2.25. The van der Waals surface area contributed by atoms with E-state index in [9.17, 15) is 0 Å². The van der Waals surface area contributed by atoms with Gasteiger partial charge < -0.3 is 10.2 Å². The van der Waals surface area contributed by atoms with Gasteiger partial charge in [-0.2, -0.15) is 15.0 Å². The molecule has 0 atom stereocenters. The fourth-order valence-corrected chi connectivity index (χ4v) is 1.56. The molecule has 0 spiro atoms. The molecule has 5 nitrogen and oxygen atoms in total. The van der Waals surface area contributed by atoms with Crippen LogP contribution in [0.1, 0.15) is 13.8 Å². The van der Waals surface area contributed by atoms with Crippen LogP contribution in [0.15, 0.2) is 25.3 Å². The Hall–Kier alpha value is -1.62. The molecule has 0 unspecified atom stereocenters. The van der Waals surface area contributed by atoms with E-state index in [0.717, 1.165) is 6.54 Å². The molecule has 0 aliphatic rings. The number of nitrogens with zero attached hydrogens (tertiary/aromatic N) is 4. The van der Waals surface area contributed by atoms with E-state index in [-0.39, 0.29) is 5.28 Å². The molecule has 0 bridgehead atoms. The van der Waals surface area contributed by atoms with Crippen molar-refractivity contribution in [2.24, 2.45) is 5.92 Å². The van der Waals surface area contributed by atoms with E-state index < -0.39 is 0 Å². The minimum Gasteiger partial charge on any atom is -0.354 e. The lowest BCUT2D eigenvalue weighted by Crippen LogP contribution is -2.26. The van der Waals surface area contributed by atoms with Gasteiger partial charge in [0.2, 0.25) is 17.2 Å². The lowest BCUT2D eigenvalue weighted by molar-refractivity contribution is 0.683. The van der Waals surface area contributed by atoms with E-state index in [0.29, 0.717) is 30.9 Å². The Kier molecular flexibility index (Phi) is 6.29. The highest BCUT2D eigenvalue weighted by Crippen LogP contribution is 2.14. The van der Waals surface area contributed by atoms with Gasteiger partial charge in [0.1, 0.15) is 0 Å². The van der Waals surface area contributed by atoms with Crippen LogP contribution in [-0.2, 0) is 0 Å². The number of halogens is 1. The second-order valence-electron chi connectivity index (χ2n) is 4.49. The molecule has 19 heavy (non-hydrogen) atoms. The Morgan fingerprint density at radius 2 is 1.84 bits per heavy atom. The Morgan fingerprint density at radius 3 is 2.37 bits per heavy atom. The largest absolute Gasteiger partial charge is 0.354 e. The second-order valence-corrected chi connectivity index (χ2v) is 4.82. The molecule has 0 saturated carbocycles. The Morgan fingerprint density at radius 1 is 1.21 bits per heavy atom. The Labute approximate surface area is 119 Å². The average Bonchev–Trinajstić information content (AvgIpc) is 2.35. The molecule has 0 radical (unpaired) electrons. The summed E-state index contributed by atoms with van der Waals surface area (Å²) < 4.78 is 0. The summed E-state index contributed by atoms with van der Waals surface area (Å²) in [7, 11) is 0. The van der Waals surface area contributed by atoms with Crippen molar-refractivity contribution in [2.75, 3.05) is 29.9 Å². The fourth-order valence-electron chi connectivity index (χ4n) is 1.41. The highest BCUT2D eigenvalue weighted by Gasteiger charge is 2.11. The molecule has 1 N–H and O–H groups in total. The molecule has 0 amide bonds. The van der Waals surface area contributed by atoms with E-state index in [2.05, 4.69) is 47.3 Å². The third kappa shape index (κ3) is 5.26. The average molecular weight is 282 g/mol. The molecule has 0 aliphatic heterocycles. The van der Waals surface area contributed by atoms with Crippen LogP contribution < -0.4 is 10.2 Å². The Balaban J connectivity index is 2.92. The summed E-state index contributed by atoms with van der Waals surface area (Å²) in [6, 6.07) is 0.